The number of hydrogen-bond donors (Lipinski definition) is 1. The van der Waals surface area contributed by atoms with E-state index >= 15 is 0 Å². The molecule has 1 fully saturated rings. The van der Waals surface area contributed by atoms with Gasteiger partial charge in [0.2, 0.25) is 0 Å². The predicted octanol–water partition coefficient (Wildman–Crippen LogP) is 5.51. The summed E-state index contributed by atoms with van der Waals surface area (Å²) in [6.45, 7) is 0.378. The number of aromatic nitrogens is 2. The SMILES string of the molecule is O=C(NCc1nn(-c2ccc(Cl)cc2Cl)c(C2=CC=C(Br)[SeH2]2)c1Br)C1CCCC1. The van der Waals surface area contributed by atoms with Gasteiger partial charge in [-0.05, 0) is 0 Å². The number of benzene rings is 1. The number of nitrogens with one attached hydrogen (secondary N) is 1. The van der Waals surface area contributed by atoms with E-state index in [2.05, 4.69) is 49.3 Å². The van der Waals surface area contributed by atoms with Crippen LogP contribution in [0.1, 0.15) is 37.1 Å². The number of nitrogens with zero attached hydrogens (tertiary/aromatic N) is 2. The fraction of sp³-hybridized carbons (Fsp3) is 0.300. The van der Waals surface area contributed by atoms with Gasteiger partial charge in [-0.2, -0.15) is 0 Å². The monoisotopic (exact) mass is 625 g/mol. The molecule has 0 unspecified atom stereocenters. The summed E-state index contributed by atoms with van der Waals surface area (Å²) in [5.74, 6) is 0.248. The molecule has 1 aliphatic heterocycles. The van der Waals surface area contributed by atoms with Gasteiger partial charge in [0, 0.05) is 0 Å². The van der Waals surface area contributed by atoms with Crippen LogP contribution in [-0.4, -0.2) is 30.6 Å². The Morgan fingerprint density at radius 2 is 2.00 bits per heavy atom. The Morgan fingerprint density at radius 3 is 2.66 bits per heavy atom. The van der Waals surface area contributed by atoms with Gasteiger partial charge >= 0.3 is 204 Å². The fourth-order valence-electron chi connectivity index (χ4n) is 3.63. The Kier molecular flexibility index (Phi) is 6.94. The number of carbonyl (C=O) groups is 1. The second kappa shape index (κ2) is 9.29. The first-order valence-electron chi connectivity index (χ1n) is 9.29. The molecular weight excluding hydrogens is 608 g/mol. The van der Waals surface area contributed by atoms with Crippen LogP contribution in [0.5, 0.6) is 0 Å². The summed E-state index contributed by atoms with van der Waals surface area (Å²) in [7, 11) is 0. The van der Waals surface area contributed by atoms with E-state index in [9.17, 15) is 4.79 Å². The molecule has 4 rings (SSSR count). The summed E-state index contributed by atoms with van der Waals surface area (Å²) in [6.07, 6.45) is 8.43. The first-order chi connectivity index (χ1) is 13.9. The van der Waals surface area contributed by atoms with Crippen molar-refractivity contribution in [3.8, 4) is 5.69 Å². The Hall–Kier alpha value is -0.561. The van der Waals surface area contributed by atoms with Gasteiger partial charge in [0.1, 0.15) is 0 Å². The third-order valence-electron chi connectivity index (χ3n) is 5.09. The van der Waals surface area contributed by atoms with E-state index in [1.54, 1.807) is 12.1 Å². The average Bonchev–Trinajstić information content (AvgIpc) is 3.41. The van der Waals surface area contributed by atoms with Crippen molar-refractivity contribution in [2.24, 2.45) is 5.92 Å². The Balaban J connectivity index is 1.68. The maximum atomic E-state index is 12.5. The topological polar surface area (TPSA) is 46.9 Å². The van der Waals surface area contributed by atoms with E-state index in [1.807, 2.05) is 10.7 Å². The first-order valence-corrected chi connectivity index (χ1v) is 13.7. The maximum absolute atomic E-state index is 12.5. The molecule has 1 aliphatic carbocycles. The molecule has 1 aromatic heterocycles. The molecule has 2 aliphatic rings. The number of hydrogen-bond acceptors (Lipinski definition) is 2. The van der Waals surface area contributed by atoms with Crippen LogP contribution in [0.3, 0.4) is 0 Å². The molecule has 0 spiro atoms. The van der Waals surface area contributed by atoms with Crippen molar-refractivity contribution in [3.05, 3.63) is 59.6 Å². The molecule has 0 saturated heterocycles. The summed E-state index contributed by atoms with van der Waals surface area (Å²) in [5, 5.41) is 8.98. The Bertz CT molecular complexity index is 1030. The summed E-state index contributed by atoms with van der Waals surface area (Å²) >= 11 is 19.4. The number of amides is 1. The van der Waals surface area contributed by atoms with Gasteiger partial charge < -0.3 is 0 Å². The molecule has 1 aromatic carbocycles. The van der Waals surface area contributed by atoms with Crippen molar-refractivity contribution in [2.45, 2.75) is 32.2 Å². The van der Waals surface area contributed by atoms with Crippen LogP contribution in [0, 0.1) is 5.92 Å². The molecule has 154 valence electrons. The number of carbonyl (C=O) groups excluding carboxylic acids is 1. The molecule has 0 bridgehead atoms. The second-order valence-corrected chi connectivity index (χ2v) is 13.8. The van der Waals surface area contributed by atoms with Gasteiger partial charge in [-0.15, -0.1) is 0 Å². The van der Waals surface area contributed by atoms with E-state index in [1.165, 1.54) is 7.85 Å². The van der Waals surface area contributed by atoms with Crippen LogP contribution >= 0.6 is 55.1 Å². The van der Waals surface area contributed by atoms with Crippen LogP contribution in [0.4, 0.5) is 0 Å². The van der Waals surface area contributed by atoms with Crippen molar-refractivity contribution in [1.82, 2.24) is 15.1 Å². The molecule has 1 N–H and O–H groups in total. The van der Waals surface area contributed by atoms with Gasteiger partial charge in [0.15, 0.2) is 0 Å². The summed E-state index contributed by atoms with van der Waals surface area (Å²) < 4.78 is 5.20. The van der Waals surface area contributed by atoms with Crippen LogP contribution in [0.2, 0.25) is 10.0 Å². The molecular formula is C20H19Br2Cl2N3OSe. The third kappa shape index (κ3) is 4.70. The van der Waals surface area contributed by atoms with Crippen LogP contribution < -0.4 is 5.32 Å². The van der Waals surface area contributed by atoms with Crippen molar-refractivity contribution in [2.75, 3.05) is 0 Å². The normalized spacial score (nSPS) is 18.2. The van der Waals surface area contributed by atoms with E-state index in [4.69, 9.17) is 28.3 Å². The van der Waals surface area contributed by atoms with Gasteiger partial charge in [-0.3, -0.25) is 0 Å². The van der Waals surface area contributed by atoms with E-state index in [0.717, 1.165) is 47.2 Å². The second-order valence-electron chi connectivity index (χ2n) is 7.04. The molecule has 9 heteroatoms. The Morgan fingerprint density at radius 1 is 1.24 bits per heavy atom. The van der Waals surface area contributed by atoms with Gasteiger partial charge in [0.05, 0.1) is 0 Å². The van der Waals surface area contributed by atoms with Gasteiger partial charge in [-0.1, -0.05) is 0 Å². The molecule has 2 heterocycles. The summed E-state index contributed by atoms with van der Waals surface area (Å²) in [5.41, 5.74) is 2.52. The zero-order valence-electron chi connectivity index (χ0n) is 15.3. The van der Waals surface area contributed by atoms with Crippen LogP contribution in [-0.2, 0) is 11.3 Å². The van der Waals surface area contributed by atoms with Crippen molar-refractivity contribution in [3.63, 3.8) is 0 Å². The van der Waals surface area contributed by atoms with E-state index in [-0.39, 0.29) is 11.8 Å². The standard InChI is InChI=1S/C20H19Br2Cl2N3OSe/c21-17-8-7-16(29-17)19-18(22)14(10-25-20(28)11-3-1-2-4-11)26-27(19)15-6-5-12(23)9-13(15)24/h5-9,11H,1-4,10,29H2,(H,25,28). The minimum atomic E-state index is -0.482. The zero-order valence-corrected chi connectivity index (χ0v) is 22.1. The van der Waals surface area contributed by atoms with Crippen molar-refractivity contribution < 1.29 is 4.79 Å². The van der Waals surface area contributed by atoms with Gasteiger partial charge in [-0.25, -0.2) is 0 Å². The molecule has 1 saturated carbocycles. The van der Waals surface area contributed by atoms with Crippen molar-refractivity contribution in [1.29, 1.82) is 0 Å². The van der Waals surface area contributed by atoms with Gasteiger partial charge in [0.25, 0.3) is 0 Å². The third-order valence-corrected chi connectivity index (χ3v) is 10.0. The fourth-order valence-corrected chi connectivity index (χ4v) is 8.31. The average molecular weight is 627 g/mol. The molecule has 0 radical (unpaired) electrons. The molecule has 0 atom stereocenters. The quantitative estimate of drug-likeness (QED) is 0.445. The number of rotatable bonds is 5. The molecule has 1 amide bonds. The minimum absolute atomic E-state index is 0.118. The first kappa shape index (κ1) is 21.7. The zero-order chi connectivity index (χ0) is 20.5. The van der Waals surface area contributed by atoms with Crippen molar-refractivity contribution >= 4 is 80.4 Å². The molecule has 29 heavy (non-hydrogen) atoms. The number of allylic oxidation sites excluding steroid dienone is 2. The van der Waals surface area contributed by atoms with Crippen LogP contribution in [0.15, 0.2) is 38.2 Å². The van der Waals surface area contributed by atoms with E-state index < -0.39 is 15.0 Å². The number of halogens is 4. The summed E-state index contributed by atoms with van der Waals surface area (Å²) in [4.78, 5) is 12.5. The van der Waals surface area contributed by atoms with E-state index in [0.29, 0.717) is 16.6 Å². The van der Waals surface area contributed by atoms with Crippen LogP contribution in [0.25, 0.3) is 10.2 Å². The summed E-state index contributed by atoms with van der Waals surface area (Å²) in [6, 6.07) is 5.39. The molecule has 2 aromatic rings. The predicted molar refractivity (Wildman–Crippen MR) is 129 cm³/mol. The Labute approximate surface area is 202 Å². The molecule has 4 nitrogen and oxygen atoms in total.